The molecule has 7 aromatic carbocycles. The van der Waals surface area contributed by atoms with E-state index < -0.39 is 0 Å². The third-order valence-electron chi connectivity index (χ3n) is 10.2. The summed E-state index contributed by atoms with van der Waals surface area (Å²) in [5.74, 6) is 2.95. The van der Waals surface area contributed by atoms with Gasteiger partial charge in [-0.15, -0.1) is 0 Å². The molecule has 3 aromatic heterocycles. The van der Waals surface area contributed by atoms with Gasteiger partial charge in [0.1, 0.15) is 5.82 Å². The van der Waals surface area contributed by atoms with Gasteiger partial charge in [0.2, 0.25) is 0 Å². The van der Waals surface area contributed by atoms with Crippen LogP contribution in [0.25, 0.3) is 94.9 Å². The molecule has 260 valence electrons. The number of benzene rings is 7. The van der Waals surface area contributed by atoms with E-state index in [0.717, 1.165) is 89.7 Å². The summed E-state index contributed by atoms with van der Waals surface area (Å²) < 4.78 is 2.28. The number of hydrogen-bond donors (Lipinski definition) is 0. The van der Waals surface area contributed by atoms with Crippen molar-refractivity contribution in [3.05, 3.63) is 182 Å². The molecule has 0 saturated heterocycles. The van der Waals surface area contributed by atoms with E-state index >= 15 is 0 Å². The Hall–Kier alpha value is -7.31. The van der Waals surface area contributed by atoms with Crippen molar-refractivity contribution in [3.63, 3.8) is 0 Å². The zero-order valence-corrected chi connectivity index (χ0v) is 30.1. The Labute approximate surface area is 318 Å². The molecule has 6 nitrogen and oxygen atoms in total. The predicted octanol–water partition coefficient (Wildman–Crippen LogP) is 11.8. The molecule has 10 aromatic rings. The molecule has 0 atom stereocenters. The van der Waals surface area contributed by atoms with Crippen molar-refractivity contribution in [3.8, 4) is 62.2 Å². The molecule has 0 aliphatic rings. The number of nitrogens with zero attached hydrogens (tertiary/aromatic N) is 6. The van der Waals surface area contributed by atoms with Gasteiger partial charge in [0.25, 0.3) is 0 Å². The third-order valence-corrected chi connectivity index (χ3v) is 10.2. The fraction of sp³-hybridized carbons (Fsp3) is 0.0408. The van der Waals surface area contributed by atoms with Crippen molar-refractivity contribution in [2.24, 2.45) is 0 Å². The summed E-state index contributed by atoms with van der Waals surface area (Å²) in [4.78, 5) is 25.2. The molecule has 10 rings (SSSR count). The number of rotatable bonds is 7. The summed E-state index contributed by atoms with van der Waals surface area (Å²) >= 11 is 0. The number of aromatic nitrogens is 6. The van der Waals surface area contributed by atoms with Crippen molar-refractivity contribution >= 4 is 32.7 Å². The van der Waals surface area contributed by atoms with Crippen LogP contribution >= 0.6 is 0 Å². The highest BCUT2D eigenvalue weighted by Gasteiger charge is 2.19. The van der Waals surface area contributed by atoms with Crippen LogP contribution in [0.1, 0.15) is 12.7 Å². The molecule has 0 aliphatic carbocycles. The Morgan fingerprint density at radius 1 is 0.400 bits per heavy atom. The lowest BCUT2D eigenvalue weighted by molar-refractivity contribution is 0.908. The van der Waals surface area contributed by atoms with Crippen LogP contribution in [0.3, 0.4) is 0 Å². The van der Waals surface area contributed by atoms with E-state index in [1.807, 2.05) is 60.7 Å². The van der Waals surface area contributed by atoms with Crippen LogP contribution in [0, 0.1) is 0 Å². The van der Waals surface area contributed by atoms with Crippen molar-refractivity contribution in [2.45, 2.75) is 13.3 Å². The van der Waals surface area contributed by atoms with Gasteiger partial charge >= 0.3 is 0 Å². The predicted molar refractivity (Wildman–Crippen MR) is 224 cm³/mol. The molecule has 0 saturated carbocycles. The monoisotopic (exact) mass is 706 g/mol. The van der Waals surface area contributed by atoms with Crippen LogP contribution < -0.4 is 0 Å². The first-order valence-corrected chi connectivity index (χ1v) is 18.6. The van der Waals surface area contributed by atoms with Crippen LogP contribution in [0.2, 0.25) is 0 Å². The second-order valence-corrected chi connectivity index (χ2v) is 13.6. The van der Waals surface area contributed by atoms with Crippen LogP contribution in [-0.4, -0.2) is 29.5 Å². The first kappa shape index (κ1) is 32.3. The standard InChI is InChI=1S/C49H34N6/c1-2-43-51-46-42(55(43)38-18-10-5-11-19-38)31-30-40-39-20-12-13-21-41(39)50-45(44(40)46)34-26-22-32(23-27-34)33-24-28-37(29-25-33)49-53-47(35-14-6-3-7-15-35)52-48(54-49)36-16-8-4-9-17-36/h3-31H,2H2,1H3. The summed E-state index contributed by atoms with van der Waals surface area (Å²) in [6.45, 7) is 2.16. The maximum absolute atomic E-state index is 5.30. The van der Waals surface area contributed by atoms with Crippen molar-refractivity contribution in [1.29, 1.82) is 0 Å². The molecular weight excluding hydrogens is 673 g/mol. The molecular formula is C49H34N6. The summed E-state index contributed by atoms with van der Waals surface area (Å²) in [7, 11) is 0. The van der Waals surface area contributed by atoms with Gasteiger partial charge in [0, 0.05) is 45.1 Å². The smallest absolute Gasteiger partial charge is 0.164 e. The van der Waals surface area contributed by atoms with Crippen LogP contribution in [0.15, 0.2) is 176 Å². The first-order valence-electron chi connectivity index (χ1n) is 18.6. The number of pyridine rings is 1. The van der Waals surface area contributed by atoms with Gasteiger partial charge in [-0.3, -0.25) is 4.57 Å². The lowest BCUT2D eigenvalue weighted by Crippen LogP contribution is -2.00. The average Bonchev–Trinajstić information content (AvgIpc) is 3.66. The number of para-hydroxylation sites is 2. The minimum atomic E-state index is 0.635. The van der Waals surface area contributed by atoms with Gasteiger partial charge in [0.05, 0.1) is 22.2 Å². The maximum Gasteiger partial charge on any atom is 0.164 e. The molecule has 0 amide bonds. The van der Waals surface area contributed by atoms with Crippen LogP contribution in [0.4, 0.5) is 0 Å². The van der Waals surface area contributed by atoms with E-state index in [9.17, 15) is 0 Å². The molecule has 0 spiro atoms. The number of hydrogen-bond acceptors (Lipinski definition) is 5. The topological polar surface area (TPSA) is 69.4 Å². The zero-order chi connectivity index (χ0) is 36.7. The number of imidazole rings is 1. The quantitative estimate of drug-likeness (QED) is 0.154. The molecule has 6 heteroatoms. The lowest BCUT2D eigenvalue weighted by atomic mass is 9.97. The largest absolute Gasteiger partial charge is 0.296 e. The molecule has 0 bridgehead atoms. The Morgan fingerprint density at radius 2 is 0.891 bits per heavy atom. The van der Waals surface area contributed by atoms with Crippen molar-refractivity contribution in [2.75, 3.05) is 0 Å². The number of fused-ring (bicyclic) bond motifs is 5. The Morgan fingerprint density at radius 3 is 1.47 bits per heavy atom. The molecule has 0 aliphatic heterocycles. The van der Waals surface area contributed by atoms with Gasteiger partial charge in [-0.2, -0.15) is 0 Å². The van der Waals surface area contributed by atoms with Gasteiger partial charge in [-0.25, -0.2) is 24.9 Å². The van der Waals surface area contributed by atoms with Crippen LogP contribution in [-0.2, 0) is 6.42 Å². The lowest BCUT2D eigenvalue weighted by Gasteiger charge is -2.12. The maximum atomic E-state index is 5.30. The molecule has 0 N–H and O–H groups in total. The highest BCUT2D eigenvalue weighted by atomic mass is 15.1. The summed E-state index contributed by atoms with van der Waals surface area (Å²) in [6.07, 6.45) is 0.810. The second kappa shape index (κ2) is 13.6. The second-order valence-electron chi connectivity index (χ2n) is 13.6. The normalized spacial score (nSPS) is 11.4. The highest BCUT2D eigenvalue weighted by molar-refractivity contribution is 6.19. The Bertz CT molecular complexity index is 2920. The molecule has 3 heterocycles. The summed E-state index contributed by atoms with van der Waals surface area (Å²) in [5.41, 5.74) is 11.1. The fourth-order valence-electron chi connectivity index (χ4n) is 7.51. The fourth-order valence-corrected chi connectivity index (χ4v) is 7.51. The van der Waals surface area contributed by atoms with E-state index in [-0.39, 0.29) is 0 Å². The summed E-state index contributed by atoms with van der Waals surface area (Å²) in [5, 5.41) is 3.34. The van der Waals surface area contributed by atoms with E-state index in [0.29, 0.717) is 17.5 Å². The highest BCUT2D eigenvalue weighted by Crippen LogP contribution is 2.39. The Kier molecular flexibility index (Phi) is 7.99. The zero-order valence-electron chi connectivity index (χ0n) is 30.1. The van der Waals surface area contributed by atoms with Crippen molar-refractivity contribution < 1.29 is 0 Å². The van der Waals surface area contributed by atoms with E-state index in [1.165, 1.54) is 0 Å². The molecule has 0 fully saturated rings. The Balaban J connectivity index is 1.05. The van der Waals surface area contributed by atoms with E-state index in [1.54, 1.807) is 0 Å². The SMILES string of the molecule is CCc1nc2c3c(-c4ccc(-c5ccc(-c6nc(-c7ccccc7)nc(-c7ccccc7)n6)cc5)cc4)nc4ccccc4c3ccc2n1-c1ccccc1. The minimum Gasteiger partial charge on any atom is -0.296 e. The van der Waals surface area contributed by atoms with Gasteiger partial charge in [0.15, 0.2) is 17.5 Å². The molecule has 0 radical (unpaired) electrons. The van der Waals surface area contributed by atoms with Crippen molar-refractivity contribution in [1.82, 2.24) is 29.5 Å². The van der Waals surface area contributed by atoms with Gasteiger partial charge in [-0.1, -0.05) is 159 Å². The van der Waals surface area contributed by atoms with E-state index in [4.69, 9.17) is 24.9 Å². The number of aryl methyl sites for hydroxylation is 1. The first-order chi connectivity index (χ1) is 27.2. The van der Waals surface area contributed by atoms with Crippen LogP contribution in [0.5, 0.6) is 0 Å². The van der Waals surface area contributed by atoms with Gasteiger partial charge < -0.3 is 0 Å². The van der Waals surface area contributed by atoms with Gasteiger partial charge in [-0.05, 0) is 40.8 Å². The third kappa shape index (κ3) is 5.81. The summed E-state index contributed by atoms with van der Waals surface area (Å²) in [6, 6.07) is 60.6. The molecule has 55 heavy (non-hydrogen) atoms. The minimum absolute atomic E-state index is 0.635. The van der Waals surface area contributed by atoms with E-state index in [2.05, 4.69) is 127 Å². The molecule has 0 unspecified atom stereocenters. The average molecular weight is 707 g/mol.